The van der Waals surface area contributed by atoms with E-state index in [-0.39, 0.29) is 11.2 Å². The molecule has 1 aromatic rings. The van der Waals surface area contributed by atoms with Crippen molar-refractivity contribution in [2.75, 3.05) is 5.73 Å². The molecule has 0 amide bonds. The molecule has 1 saturated carbocycles. The summed E-state index contributed by atoms with van der Waals surface area (Å²) in [5.74, 6) is -0.205. The molecule has 17 heavy (non-hydrogen) atoms. The van der Waals surface area contributed by atoms with E-state index in [2.05, 4.69) is 6.07 Å². The number of alkyl halides is 1. The summed E-state index contributed by atoms with van der Waals surface area (Å²) in [7, 11) is 0. The SMILES string of the molecule is N#CC1CCCC(F)C1Sc1ccccc1N. The third-order valence-corrected chi connectivity index (χ3v) is 4.62. The van der Waals surface area contributed by atoms with E-state index < -0.39 is 6.17 Å². The predicted molar refractivity (Wildman–Crippen MR) is 68.3 cm³/mol. The molecule has 0 bridgehead atoms. The number of para-hydroxylation sites is 1. The first kappa shape index (κ1) is 12.3. The number of nitrogens with two attached hydrogens (primary N) is 1. The highest BCUT2D eigenvalue weighted by atomic mass is 32.2. The van der Waals surface area contributed by atoms with Gasteiger partial charge in [-0.05, 0) is 31.4 Å². The number of nitriles is 1. The number of halogens is 1. The second-order valence-corrected chi connectivity index (χ2v) is 5.52. The molecule has 0 radical (unpaired) electrons. The quantitative estimate of drug-likeness (QED) is 0.818. The fourth-order valence-corrected chi connectivity index (χ4v) is 3.44. The lowest BCUT2D eigenvalue weighted by molar-refractivity contribution is 0.233. The number of nitrogen functional groups attached to an aromatic ring is 1. The molecule has 3 unspecified atom stereocenters. The minimum atomic E-state index is -0.905. The zero-order chi connectivity index (χ0) is 12.3. The zero-order valence-electron chi connectivity index (χ0n) is 9.47. The van der Waals surface area contributed by atoms with Gasteiger partial charge in [-0.3, -0.25) is 0 Å². The molecule has 3 atom stereocenters. The number of nitrogens with zero attached hydrogens (tertiary/aromatic N) is 1. The molecule has 2 rings (SSSR count). The lowest BCUT2D eigenvalue weighted by atomic mass is 9.88. The summed E-state index contributed by atoms with van der Waals surface area (Å²) in [4.78, 5) is 0.877. The summed E-state index contributed by atoms with van der Waals surface area (Å²) in [5, 5.41) is 8.79. The van der Waals surface area contributed by atoms with Gasteiger partial charge in [-0.2, -0.15) is 5.26 Å². The summed E-state index contributed by atoms with van der Waals surface area (Å²) < 4.78 is 13.9. The lowest BCUT2D eigenvalue weighted by Crippen LogP contribution is -2.31. The van der Waals surface area contributed by atoms with Crippen molar-refractivity contribution in [3.8, 4) is 6.07 Å². The minimum Gasteiger partial charge on any atom is -0.398 e. The number of hydrogen-bond acceptors (Lipinski definition) is 3. The summed E-state index contributed by atoms with van der Waals surface area (Å²) in [5.41, 5.74) is 6.50. The monoisotopic (exact) mass is 250 g/mol. The molecular weight excluding hydrogens is 235 g/mol. The van der Waals surface area contributed by atoms with Gasteiger partial charge in [-0.25, -0.2) is 4.39 Å². The number of benzene rings is 1. The first-order valence-corrected chi connectivity index (χ1v) is 6.65. The van der Waals surface area contributed by atoms with Gasteiger partial charge in [0.15, 0.2) is 0 Å². The van der Waals surface area contributed by atoms with Crippen LogP contribution in [0.5, 0.6) is 0 Å². The maximum atomic E-state index is 13.9. The van der Waals surface area contributed by atoms with Crippen LogP contribution < -0.4 is 5.73 Å². The molecule has 1 aliphatic rings. The molecule has 1 aromatic carbocycles. The normalized spacial score (nSPS) is 28.6. The third kappa shape index (κ3) is 2.73. The first-order valence-electron chi connectivity index (χ1n) is 5.77. The summed E-state index contributed by atoms with van der Waals surface area (Å²) in [6.07, 6.45) is 1.25. The van der Waals surface area contributed by atoms with Gasteiger partial charge in [-0.1, -0.05) is 12.1 Å². The van der Waals surface area contributed by atoms with Crippen molar-refractivity contribution >= 4 is 17.4 Å². The summed E-state index contributed by atoms with van der Waals surface area (Å²) in [6, 6.07) is 9.65. The number of hydrogen-bond donors (Lipinski definition) is 1. The van der Waals surface area contributed by atoms with E-state index in [4.69, 9.17) is 11.0 Å². The molecule has 0 aliphatic heterocycles. The van der Waals surface area contributed by atoms with Crippen LogP contribution in [0.4, 0.5) is 10.1 Å². The van der Waals surface area contributed by atoms with Crippen molar-refractivity contribution in [2.24, 2.45) is 5.92 Å². The van der Waals surface area contributed by atoms with Crippen molar-refractivity contribution in [3.05, 3.63) is 24.3 Å². The van der Waals surface area contributed by atoms with Crippen LogP contribution in [0.25, 0.3) is 0 Å². The van der Waals surface area contributed by atoms with E-state index in [9.17, 15) is 4.39 Å². The van der Waals surface area contributed by atoms with Crippen molar-refractivity contribution < 1.29 is 4.39 Å². The number of anilines is 1. The van der Waals surface area contributed by atoms with E-state index in [0.717, 1.165) is 17.7 Å². The van der Waals surface area contributed by atoms with Crippen molar-refractivity contribution in [3.63, 3.8) is 0 Å². The van der Waals surface area contributed by atoms with Crippen LogP contribution >= 0.6 is 11.8 Å². The maximum Gasteiger partial charge on any atom is 0.114 e. The van der Waals surface area contributed by atoms with E-state index in [1.54, 1.807) is 6.07 Å². The molecule has 2 N–H and O–H groups in total. The van der Waals surface area contributed by atoms with Crippen molar-refractivity contribution in [1.29, 1.82) is 5.26 Å². The Morgan fingerprint density at radius 2 is 2.12 bits per heavy atom. The molecule has 0 aromatic heterocycles. The topological polar surface area (TPSA) is 49.8 Å². The summed E-state index contributed by atoms with van der Waals surface area (Å²) >= 11 is 1.41. The smallest absolute Gasteiger partial charge is 0.114 e. The van der Waals surface area contributed by atoms with Crippen molar-refractivity contribution in [1.82, 2.24) is 0 Å². The van der Waals surface area contributed by atoms with Gasteiger partial charge in [0.2, 0.25) is 0 Å². The lowest BCUT2D eigenvalue weighted by Gasteiger charge is -2.29. The second-order valence-electron chi connectivity index (χ2n) is 4.30. The van der Waals surface area contributed by atoms with Crippen LogP contribution in [-0.4, -0.2) is 11.4 Å². The highest BCUT2D eigenvalue weighted by Gasteiger charge is 2.34. The van der Waals surface area contributed by atoms with Crippen LogP contribution in [0.3, 0.4) is 0 Å². The Kier molecular flexibility index (Phi) is 3.90. The van der Waals surface area contributed by atoms with Crippen LogP contribution in [0.1, 0.15) is 19.3 Å². The van der Waals surface area contributed by atoms with Gasteiger partial charge in [0.25, 0.3) is 0 Å². The van der Waals surface area contributed by atoms with Gasteiger partial charge in [0, 0.05) is 10.6 Å². The van der Waals surface area contributed by atoms with E-state index in [0.29, 0.717) is 12.1 Å². The summed E-state index contributed by atoms with van der Waals surface area (Å²) in [6.45, 7) is 0. The Labute approximate surface area is 105 Å². The van der Waals surface area contributed by atoms with E-state index in [1.165, 1.54) is 11.8 Å². The predicted octanol–water partition coefficient (Wildman–Crippen LogP) is 3.39. The Morgan fingerprint density at radius 1 is 1.35 bits per heavy atom. The number of rotatable bonds is 2. The molecule has 0 spiro atoms. The fourth-order valence-electron chi connectivity index (χ4n) is 2.14. The average molecular weight is 250 g/mol. The van der Waals surface area contributed by atoms with Crippen LogP contribution in [0, 0.1) is 17.2 Å². The van der Waals surface area contributed by atoms with Crippen LogP contribution in [0.2, 0.25) is 0 Å². The highest BCUT2D eigenvalue weighted by molar-refractivity contribution is 8.00. The third-order valence-electron chi connectivity index (χ3n) is 3.10. The molecule has 1 fully saturated rings. The molecule has 4 heteroatoms. The van der Waals surface area contributed by atoms with Gasteiger partial charge >= 0.3 is 0 Å². The largest absolute Gasteiger partial charge is 0.398 e. The van der Waals surface area contributed by atoms with Gasteiger partial charge in [0.1, 0.15) is 6.17 Å². The highest BCUT2D eigenvalue weighted by Crippen LogP contribution is 2.40. The number of thioether (sulfide) groups is 1. The maximum absolute atomic E-state index is 13.9. The fraction of sp³-hybridized carbons (Fsp3) is 0.462. The molecule has 2 nitrogen and oxygen atoms in total. The van der Waals surface area contributed by atoms with E-state index >= 15 is 0 Å². The Hall–Kier alpha value is -1.21. The van der Waals surface area contributed by atoms with Gasteiger partial charge in [0.05, 0.1) is 17.2 Å². The molecule has 0 saturated heterocycles. The molecule has 1 aliphatic carbocycles. The Morgan fingerprint density at radius 3 is 2.82 bits per heavy atom. The molecular formula is C13H15FN2S. The first-order chi connectivity index (χ1) is 8.22. The van der Waals surface area contributed by atoms with E-state index in [1.807, 2.05) is 18.2 Å². The zero-order valence-corrected chi connectivity index (χ0v) is 10.3. The Balaban J connectivity index is 2.16. The van der Waals surface area contributed by atoms with Gasteiger partial charge < -0.3 is 5.73 Å². The standard InChI is InChI=1S/C13H15FN2S/c14-10-5-3-4-9(8-15)13(10)17-12-7-2-1-6-11(12)16/h1-2,6-7,9-10,13H,3-5,16H2. The molecule has 90 valence electrons. The molecule has 0 heterocycles. The minimum absolute atomic E-state index is 0.205. The Bertz CT molecular complexity index is 430. The second kappa shape index (κ2) is 5.42. The van der Waals surface area contributed by atoms with Crippen LogP contribution in [-0.2, 0) is 0 Å². The van der Waals surface area contributed by atoms with Crippen molar-refractivity contribution in [2.45, 2.75) is 35.6 Å². The average Bonchev–Trinajstić information content (AvgIpc) is 2.34. The van der Waals surface area contributed by atoms with Crippen LogP contribution in [0.15, 0.2) is 29.2 Å². The van der Waals surface area contributed by atoms with Gasteiger partial charge in [-0.15, -0.1) is 11.8 Å².